The van der Waals surface area contributed by atoms with Crippen LogP contribution in [0.5, 0.6) is 0 Å². The lowest BCUT2D eigenvalue weighted by atomic mass is 9.92. The van der Waals surface area contributed by atoms with E-state index in [9.17, 15) is 5.11 Å². The molecule has 0 saturated carbocycles. The lowest BCUT2D eigenvalue weighted by Crippen LogP contribution is -2.67. The van der Waals surface area contributed by atoms with Gasteiger partial charge in [-0.1, -0.05) is 93.6 Å². The Balaban J connectivity index is 2.44. The van der Waals surface area contributed by atoms with Crippen LogP contribution >= 0.6 is 0 Å². The minimum atomic E-state index is -2.76. The number of ether oxygens (including phenoxy) is 3. The highest BCUT2D eigenvalue weighted by Gasteiger charge is 2.50. The van der Waals surface area contributed by atoms with Gasteiger partial charge in [-0.25, -0.2) is 0 Å². The van der Waals surface area contributed by atoms with E-state index in [1.165, 1.54) is 10.4 Å². The molecule has 0 amide bonds. The topological polar surface area (TPSA) is 57.2 Å². The van der Waals surface area contributed by atoms with Gasteiger partial charge < -0.3 is 23.7 Å². The van der Waals surface area contributed by atoms with Crippen LogP contribution < -0.4 is 10.4 Å². The predicted octanol–water partition coefficient (Wildman–Crippen LogP) is 4.70. The summed E-state index contributed by atoms with van der Waals surface area (Å²) in [5.74, 6) is -0.298. The van der Waals surface area contributed by atoms with E-state index >= 15 is 0 Å². The third-order valence-corrected chi connectivity index (χ3v) is 11.5. The van der Waals surface area contributed by atoms with E-state index in [0.717, 1.165) is 0 Å². The molecular formula is C30H44O5Si. The highest BCUT2D eigenvalue weighted by molar-refractivity contribution is 6.99. The average molecular weight is 513 g/mol. The zero-order valence-electron chi connectivity index (χ0n) is 22.4. The molecule has 2 rings (SSSR count). The molecule has 0 bridgehead atoms. The van der Waals surface area contributed by atoms with Gasteiger partial charge in [0.1, 0.15) is 6.79 Å². The third kappa shape index (κ3) is 7.97. The van der Waals surface area contributed by atoms with Gasteiger partial charge in [-0.15, -0.1) is 13.2 Å². The summed E-state index contributed by atoms with van der Waals surface area (Å²) in [6.45, 7) is 15.9. The van der Waals surface area contributed by atoms with Gasteiger partial charge >= 0.3 is 0 Å². The largest absolute Gasteiger partial charge is 0.407 e. The zero-order valence-corrected chi connectivity index (χ0v) is 23.4. The molecule has 3 atom stereocenters. The maximum Gasteiger partial charge on any atom is 0.261 e. The van der Waals surface area contributed by atoms with E-state index in [0.29, 0.717) is 32.7 Å². The summed E-state index contributed by atoms with van der Waals surface area (Å²) in [5.41, 5.74) is 0. The second-order valence-electron chi connectivity index (χ2n) is 9.98. The van der Waals surface area contributed by atoms with Crippen molar-refractivity contribution in [1.29, 1.82) is 0 Å². The molecule has 0 aliphatic rings. The number of rotatable bonds is 17. The highest BCUT2D eigenvalue weighted by atomic mass is 28.4. The van der Waals surface area contributed by atoms with Gasteiger partial charge in [0, 0.05) is 19.6 Å². The number of hydrogen-bond donors (Lipinski definition) is 1. The number of aliphatic hydroxyl groups excluding tert-OH is 1. The molecule has 0 aliphatic heterocycles. The normalized spacial score (nSPS) is 14.7. The van der Waals surface area contributed by atoms with Gasteiger partial charge in [-0.05, 0) is 28.3 Å². The van der Waals surface area contributed by atoms with E-state index in [-0.39, 0.29) is 23.9 Å². The average Bonchev–Trinajstić information content (AvgIpc) is 2.86. The van der Waals surface area contributed by atoms with Crippen molar-refractivity contribution in [1.82, 2.24) is 0 Å². The van der Waals surface area contributed by atoms with Gasteiger partial charge in [0.2, 0.25) is 0 Å². The summed E-state index contributed by atoms with van der Waals surface area (Å²) in [6, 6.07) is 21.0. The van der Waals surface area contributed by atoms with Crippen LogP contribution in [0.3, 0.4) is 0 Å². The predicted molar refractivity (Wildman–Crippen MR) is 150 cm³/mol. The molecule has 0 saturated heterocycles. The summed E-state index contributed by atoms with van der Waals surface area (Å²) in [4.78, 5) is 0. The Bertz CT molecular complexity index is 842. The minimum Gasteiger partial charge on any atom is -0.407 e. The van der Waals surface area contributed by atoms with E-state index < -0.39 is 14.4 Å². The summed E-state index contributed by atoms with van der Waals surface area (Å²) < 4.78 is 23.9. The van der Waals surface area contributed by atoms with Crippen molar-refractivity contribution in [2.24, 2.45) is 5.92 Å². The Labute approximate surface area is 218 Å². The molecule has 36 heavy (non-hydrogen) atoms. The molecule has 0 spiro atoms. The molecule has 0 aromatic heterocycles. The molecule has 6 heteroatoms. The number of aliphatic hydroxyl groups is 1. The molecule has 0 aliphatic carbocycles. The van der Waals surface area contributed by atoms with Crippen LogP contribution in [0.4, 0.5) is 0 Å². The van der Waals surface area contributed by atoms with Gasteiger partial charge in [0.15, 0.2) is 0 Å². The third-order valence-electron chi connectivity index (χ3n) is 6.49. The van der Waals surface area contributed by atoms with Crippen molar-refractivity contribution in [3.63, 3.8) is 0 Å². The summed E-state index contributed by atoms with van der Waals surface area (Å²) in [5, 5.41) is 13.4. The molecule has 0 heterocycles. The Morgan fingerprint density at radius 2 is 1.44 bits per heavy atom. The van der Waals surface area contributed by atoms with Crippen molar-refractivity contribution in [3.05, 3.63) is 86.0 Å². The van der Waals surface area contributed by atoms with E-state index in [4.69, 9.17) is 18.6 Å². The fourth-order valence-electron chi connectivity index (χ4n) is 4.66. The molecule has 0 unspecified atom stereocenters. The minimum absolute atomic E-state index is 0.110. The van der Waals surface area contributed by atoms with Crippen LogP contribution in [0.25, 0.3) is 0 Å². The molecule has 2 aromatic carbocycles. The first-order chi connectivity index (χ1) is 17.3. The summed E-state index contributed by atoms with van der Waals surface area (Å²) in [7, 11) is -1.13. The van der Waals surface area contributed by atoms with Crippen molar-refractivity contribution < 1.29 is 23.7 Å². The quantitative estimate of drug-likeness (QED) is 0.144. The van der Waals surface area contributed by atoms with Crippen molar-refractivity contribution in [2.45, 2.75) is 50.9 Å². The molecule has 2 aromatic rings. The first-order valence-electron chi connectivity index (χ1n) is 12.6. The van der Waals surface area contributed by atoms with Gasteiger partial charge in [-0.2, -0.15) is 0 Å². The fourth-order valence-corrected chi connectivity index (χ4v) is 9.26. The second kappa shape index (κ2) is 15.2. The monoisotopic (exact) mass is 512 g/mol. The second-order valence-corrected chi connectivity index (χ2v) is 14.3. The summed E-state index contributed by atoms with van der Waals surface area (Å²) >= 11 is 0. The lowest BCUT2D eigenvalue weighted by molar-refractivity contribution is -0.131. The van der Waals surface area contributed by atoms with E-state index in [1.807, 2.05) is 18.2 Å². The number of hydrogen-bond acceptors (Lipinski definition) is 5. The number of methoxy groups -OCH3 is 1. The molecule has 5 nitrogen and oxygen atoms in total. The molecule has 198 valence electrons. The van der Waals surface area contributed by atoms with Crippen LogP contribution in [-0.2, 0) is 18.6 Å². The van der Waals surface area contributed by atoms with Crippen LogP contribution in [-0.4, -0.2) is 59.4 Å². The maximum atomic E-state index is 11.2. The van der Waals surface area contributed by atoms with Crippen molar-refractivity contribution >= 4 is 18.7 Å². The smallest absolute Gasteiger partial charge is 0.261 e. The number of benzene rings is 2. The fraction of sp³-hybridized carbons (Fsp3) is 0.467. The standard InChI is InChI=1S/C30H44O5Si/c1-7-15-28(31)27(29(16-8-2)34-24-33-22-21-32-6)23-35-36(30(3,4)5,25-17-11-9-12-18-25)26-19-13-10-14-20-26/h7-14,17-20,27-29,31H,1-2,15-16,21-24H2,3-6H3/t27-,28+,29+/m1/s1. The van der Waals surface area contributed by atoms with E-state index in [2.05, 4.69) is 82.5 Å². The Morgan fingerprint density at radius 1 is 0.889 bits per heavy atom. The van der Waals surface area contributed by atoms with E-state index in [1.54, 1.807) is 13.2 Å². The van der Waals surface area contributed by atoms with Crippen LogP contribution in [0, 0.1) is 5.92 Å². The summed E-state index contributed by atoms with van der Waals surface area (Å²) in [6.07, 6.45) is 3.56. The van der Waals surface area contributed by atoms with Crippen molar-refractivity contribution in [3.8, 4) is 0 Å². The SMILES string of the molecule is C=CC[C@H](OCOCCOC)[C@H](CO[Si](c1ccccc1)(c1ccccc1)C(C)(C)C)[C@@H](O)CC=C. The Kier molecular flexibility index (Phi) is 12.8. The van der Waals surface area contributed by atoms with Crippen molar-refractivity contribution in [2.75, 3.05) is 33.7 Å². The zero-order chi connectivity index (χ0) is 26.4. The maximum absolute atomic E-state index is 11.2. The molecule has 1 N–H and O–H groups in total. The molecular weight excluding hydrogens is 468 g/mol. The van der Waals surface area contributed by atoms with Crippen LogP contribution in [0.15, 0.2) is 86.0 Å². The molecule has 0 fully saturated rings. The first kappa shape index (κ1) is 30.2. The lowest BCUT2D eigenvalue weighted by Gasteiger charge is -2.44. The molecule has 0 radical (unpaired) electrons. The van der Waals surface area contributed by atoms with Gasteiger partial charge in [-0.3, -0.25) is 0 Å². The Hall–Kier alpha value is -2.06. The first-order valence-corrected chi connectivity index (χ1v) is 14.6. The van der Waals surface area contributed by atoms with Crippen LogP contribution in [0.2, 0.25) is 5.04 Å². The highest BCUT2D eigenvalue weighted by Crippen LogP contribution is 2.37. The van der Waals surface area contributed by atoms with Gasteiger partial charge in [0.25, 0.3) is 8.32 Å². The van der Waals surface area contributed by atoms with Crippen LogP contribution in [0.1, 0.15) is 33.6 Å². The Morgan fingerprint density at radius 3 is 1.92 bits per heavy atom. The van der Waals surface area contributed by atoms with Gasteiger partial charge in [0.05, 0.1) is 25.4 Å².